The van der Waals surface area contributed by atoms with Crippen molar-refractivity contribution in [1.82, 2.24) is 9.80 Å². The third-order valence-electron chi connectivity index (χ3n) is 3.60. The van der Waals surface area contributed by atoms with Crippen molar-refractivity contribution in [1.29, 1.82) is 0 Å². The smallest absolute Gasteiger partial charge is 0.338 e. The Hall–Kier alpha value is -2.41. The number of anilines is 1. The van der Waals surface area contributed by atoms with Crippen molar-refractivity contribution in [3.05, 3.63) is 29.8 Å². The molecular formula is C16H21N3O4. The summed E-state index contributed by atoms with van der Waals surface area (Å²) in [7, 11) is 0. The van der Waals surface area contributed by atoms with Crippen LogP contribution >= 0.6 is 0 Å². The third kappa shape index (κ3) is 5.07. The molecule has 0 radical (unpaired) electrons. The quantitative estimate of drug-likeness (QED) is 0.613. The summed E-state index contributed by atoms with van der Waals surface area (Å²) in [5, 5.41) is 2.80. The van der Waals surface area contributed by atoms with Crippen LogP contribution in [0.4, 0.5) is 5.69 Å². The summed E-state index contributed by atoms with van der Waals surface area (Å²) in [6.45, 7) is 5.03. The van der Waals surface area contributed by atoms with E-state index in [0.29, 0.717) is 44.0 Å². The molecule has 1 N–H and O–H groups in total. The first-order valence-corrected chi connectivity index (χ1v) is 7.61. The van der Waals surface area contributed by atoms with Crippen LogP contribution in [0.15, 0.2) is 24.3 Å². The molecule has 2 rings (SSSR count). The second-order valence-electron chi connectivity index (χ2n) is 5.26. The summed E-state index contributed by atoms with van der Waals surface area (Å²) in [6, 6.07) is 6.59. The van der Waals surface area contributed by atoms with E-state index in [1.54, 1.807) is 36.1 Å². The number of rotatable bonds is 6. The molecule has 1 saturated heterocycles. The van der Waals surface area contributed by atoms with Crippen LogP contribution in [-0.2, 0) is 14.3 Å². The largest absolute Gasteiger partial charge is 0.462 e. The molecule has 0 aromatic heterocycles. The van der Waals surface area contributed by atoms with E-state index in [0.717, 1.165) is 6.41 Å². The topological polar surface area (TPSA) is 79.0 Å². The molecule has 0 unspecified atom stereocenters. The van der Waals surface area contributed by atoms with Crippen molar-refractivity contribution in [3.8, 4) is 0 Å². The summed E-state index contributed by atoms with van der Waals surface area (Å²) in [5.41, 5.74) is 1.09. The molecule has 1 aromatic carbocycles. The molecule has 0 spiro atoms. The average molecular weight is 319 g/mol. The van der Waals surface area contributed by atoms with Gasteiger partial charge in [0.25, 0.3) is 0 Å². The number of hydrogen-bond acceptors (Lipinski definition) is 5. The van der Waals surface area contributed by atoms with Gasteiger partial charge in [-0.1, -0.05) is 0 Å². The van der Waals surface area contributed by atoms with Crippen molar-refractivity contribution in [2.24, 2.45) is 0 Å². The zero-order valence-corrected chi connectivity index (χ0v) is 13.2. The Morgan fingerprint density at radius 1 is 1.17 bits per heavy atom. The first kappa shape index (κ1) is 17.0. The first-order chi connectivity index (χ1) is 11.1. The van der Waals surface area contributed by atoms with Gasteiger partial charge in [0, 0.05) is 31.9 Å². The minimum atomic E-state index is -0.376. The van der Waals surface area contributed by atoms with E-state index < -0.39 is 0 Å². The molecule has 7 heteroatoms. The highest BCUT2D eigenvalue weighted by Crippen LogP contribution is 2.11. The Kier molecular flexibility index (Phi) is 6.10. The highest BCUT2D eigenvalue weighted by atomic mass is 16.5. The van der Waals surface area contributed by atoms with Gasteiger partial charge >= 0.3 is 5.97 Å². The van der Waals surface area contributed by atoms with Crippen LogP contribution in [0.25, 0.3) is 0 Å². The Bertz CT molecular complexity index is 551. The molecule has 0 aliphatic carbocycles. The summed E-state index contributed by atoms with van der Waals surface area (Å²) >= 11 is 0. The highest BCUT2D eigenvalue weighted by Gasteiger charge is 2.17. The molecule has 1 fully saturated rings. The second-order valence-corrected chi connectivity index (χ2v) is 5.26. The van der Waals surface area contributed by atoms with E-state index in [9.17, 15) is 14.4 Å². The molecule has 0 saturated carbocycles. The molecule has 1 aliphatic rings. The van der Waals surface area contributed by atoms with E-state index in [2.05, 4.69) is 5.32 Å². The maximum Gasteiger partial charge on any atom is 0.338 e. The van der Waals surface area contributed by atoms with Crippen molar-refractivity contribution in [2.45, 2.75) is 6.92 Å². The van der Waals surface area contributed by atoms with Gasteiger partial charge in [-0.3, -0.25) is 14.5 Å². The lowest BCUT2D eigenvalue weighted by atomic mass is 10.2. The number of ether oxygens (including phenoxy) is 1. The number of amides is 2. The minimum Gasteiger partial charge on any atom is -0.462 e. The van der Waals surface area contributed by atoms with Crippen LogP contribution in [0.3, 0.4) is 0 Å². The van der Waals surface area contributed by atoms with E-state index in [1.165, 1.54) is 0 Å². The van der Waals surface area contributed by atoms with Crippen LogP contribution in [0.2, 0.25) is 0 Å². The number of nitrogens with one attached hydrogen (secondary N) is 1. The van der Waals surface area contributed by atoms with Gasteiger partial charge in [0.15, 0.2) is 0 Å². The number of hydrogen-bond donors (Lipinski definition) is 1. The fourth-order valence-electron chi connectivity index (χ4n) is 2.33. The average Bonchev–Trinajstić information content (AvgIpc) is 2.56. The molecule has 2 amide bonds. The number of benzene rings is 1. The third-order valence-corrected chi connectivity index (χ3v) is 3.60. The van der Waals surface area contributed by atoms with Crippen LogP contribution in [-0.4, -0.2) is 67.4 Å². The molecule has 1 aliphatic heterocycles. The van der Waals surface area contributed by atoms with E-state index in [-0.39, 0.29) is 18.4 Å². The van der Waals surface area contributed by atoms with Crippen molar-refractivity contribution < 1.29 is 19.1 Å². The molecule has 23 heavy (non-hydrogen) atoms. The lowest BCUT2D eigenvalue weighted by Crippen LogP contribution is -2.48. The molecule has 0 atom stereocenters. The van der Waals surface area contributed by atoms with Gasteiger partial charge < -0.3 is 15.0 Å². The number of carbonyl (C=O) groups is 3. The van der Waals surface area contributed by atoms with Crippen molar-refractivity contribution in [3.63, 3.8) is 0 Å². The van der Waals surface area contributed by atoms with Crippen molar-refractivity contribution >= 4 is 24.0 Å². The Morgan fingerprint density at radius 2 is 1.83 bits per heavy atom. The SMILES string of the molecule is CCOC(=O)c1ccc(NC(=O)CN2CCN(C=O)CC2)cc1. The molecule has 0 bridgehead atoms. The zero-order valence-electron chi connectivity index (χ0n) is 13.2. The van der Waals surface area contributed by atoms with Crippen molar-refractivity contribution in [2.75, 3.05) is 44.6 Å². The van der Waals surface area contributed by atoms with E-state index >= 15 is 0 Å². The highest BCUT2D eigenvalue weighted by molar-refractivity contribution is 5.94. The van der Waals surface area contributed by atoms with E-state index in [1.807, 2.05) is 4.90 Å². The maximum absolute atomic E-state index is 12.0. The maximum atomic E-state index is 12.0. The van der Waals surface area contributed by atoms with Gasteiger partial charge in [-0.15, -0.1) is 0 Å². The fourth-order valence-corrected chi connectivity index (χ4v) is 2.33. The zero-order chi connectivity index (χ0) is 16.7. The van der Waals surface area contributed by atoms with Crippen LogP contribution in [0.1, 0.15) is 17.3 Å². The number of carbonyl (C=O) groups excluding carboxylic acids is 3. The molecular weight excluding hydrogens is 298 g/mol. The monoisotopic (exact) mass is 319 g/mol. The van der Waals surface area contributed by atoms with Crippen LogP contribution < -0.4 is 5.32 Å². The van der Waals surface area contributed by atoms with E-state index in [4.69, 9.17) is 4.74 Å². The Balaban J connectivity index is 1.81. The summed E-state index contributed by atoms with van der Waals surface area (Å²) in [4.78, 5) is 37.9. The van der Waals surface area contributed by atoms with Gasteiger partial charge in [-0.2, -0.15) is 0 Å². The standard InChI is InChI=1S/C16H21N3O4/c1-2-23-16(22)13-3-5-14(6-4-13)17-15(21)11-18-7-9-19(12-20)10-8-18/h3-6,12H,2,7-11H2,1H3,(H,17,21). The van der Waals surface area contributed by atoms with Gasteiger partial charge in [-0.05, 0) is 31.2 Å². The Morgan fingerprint density at radius 3 is 2.39 bits per heavy atom. The van der Waals surface area contributed by atoms with Gasteiger partial charge in [-0.25, -0.2) is 4.79 Å². The lowest BCUT2D eigenvalue weighted by Gasteiger charge is -2.31. The summed E-state index contributed by atoms with van der Waals surface area (Å²) in [6.07, 6.45) is 0.836. The van der Waals surface area contributed by atoms with Gasteiger partial charge in [0.2, 0.25) is 12.3 Å². The normalized spacial score (nSPS) is 15.1. The molecule has 7 nitrogen and oxygen atoms in total. The number of nitrogens with zero attached hydrogens (tertiary/aromatic N) is 2. The Labute approximate surface area is 135 Å². The van der Waals surface area contributed by atoms with Gasteiger partial charge in [0.05, 0.1) is 18.7 Å². The minimum absolute atomic E-state index is 0.117. The number of esters is 1. The predicted molar refractivity (Wildman–Crippen MR) is 85.1 cm³/mol. The fraction of sp³-hybridized carbons (Fsp3) is 0.438. The lowest BCUT2D eigenvalue weighted by molar-refractivity contribution is -0.120. The van der Waals surface area contributed by atoms with Crippen LogP contribution in [0, 0.1) is 0 Å². The summed E-state index contributed by atoms with van der Waals surface area (Å²) < 4.78 is 4.91. The first-order valence-electron chi connectivity index (χ1n) is 7.61. The van der Waals surface area contributed by atoms with Crippen LogP contribution in [0.5, 0.6) is 0 Å². The molecule has 1 aromatic rings. The molecule has 1 heterocycles. The summed E-state index contributed by atoms with van der Waals surface area (Å²) in [5.74, 6) is -0.494. The van der Waals surface area contributed by atoms with Gasteiger partial charge in [0.1, 0.15) is 0 Å². The number of piperazine rings is 1. The molecule has 124 valence electrons. The second kappa shape index (κ2) is 8.28. The predicted octanol–water partition coefficient (Wildman–Crippen LogP) is 0.576.